The van der Waals surface area contributed by atoms with Gasteiger partial charge in [-0.3, -0.25) is 4.98 Å². The summed E-state index contributed by atoms with van der Waals surface area (Å²) in [4.78, 5) is 16.0. The molecule has 5 heteroatoms. The second-order valence-electron chi connectivity index (χ2n) is 4.40. The molecule has 0 unspecified atom stereocenters. The molecule has 2 N–H and O–H groups in total. The molecule has 2 rings (SSSR count). The van der Waals surface area contributed by atoms with Gasteiger partial charge in [0.25, 0.3) is 0 Å². The van der Waals surface area contributed by atoms with Gasteiger partial charge in [0, 0.05) is 18.0 Å². The van der Waals surface area contributed by atoms with Crippen molar-refractivity contribution in [2.24, 2.45) is 0 Å². The third-order valence-electron chi connectivity index (χ3n) is 2.77. The van der Waals surface area contributed by atoms with Crippen LogP contribution in [0.15, 0.2) is 36.7 Å². The van der Waals surface area contributed by atoms with Gasteiger partial charge in [0.2, 0.25) is 0 Å². The van der Waals surface area contributed by atoms with Crippen LogP contribution in [0, 0.1) is 6.92 Å². The van der Waals surface area contributed by atoms with Gasteiger partial charge in [-0.15, -0.1) is 0 Å². The zero-order valence-electron chi connectivity index (χ0n) is 11.4. The smallest absolute Gasteiger partial charge is 0.338 e. The number of aromatic nitrogens is 1. The van der Waals surface area contributed by atoms with Crippen LogP contribution in [-0.4, -0.2) is 18.1 Å². The summed E-state index contributed by atoms with van der Waals surface area (Å²) >= 11 is 0. The molecule has 0 fully saturated rings. The summed E-state index contributed by atoms with van der Waals surface area (Å²) in [5.41, 5.74) is 8.44. The quantitative estimate of drug-likeness (QED) is 0.683. The number of carbonyl (C=O) groups excluding carboxylic acids is 1. The van der Waals surface area contributed by atoms with Crippen molar-refractivity contribution in [1.82, 2.24) is 4.98 Å². The Bertz CT molecular complexity index is 626. The maximum atomic E-state index is 11.9. The van der Waals surface area contributed by atoms with Crippen molar-refractivity contribution in [1.29, 1.82) is 0 Å². The zero-order valence-corrected chi connectivity index (χ0v) is 11.4. The van der Waals surface area contributed by atoms with E-state index in [-0.39, 0.29) is 6.61 Å². The van der Waals surface area contributed by atoms with Gasteiger partial charge < -0.3 is 15.2 Å². The number of hydrogen-bond donors (Lipinski definition) is 1. The van der Waals surface area contributed by atoms with Crippen LogP contribution in [0.3, 0.4) is 0 Å². The minimum Gasteiger partial charge on any atom is -0.495 e. The number of ether oxygens (including phenoxy) is 2. The molecule has 0 saturated carbocycles. The largest absolute Gasteiger partial charge is 0.495 e. The molecule has 0 radical (unpaired) electrons. The van der Waals surface area contributed by atoms with Crippen LogP contribution in [0.25, 0.3) is 0 Å². The van der Waals surface area contributed by atoms with Crippen LogP contribution in [-0.2, 0) is 11.3 Å². The third-order valence-corrected chi connectivity index (χ3v) is 2.77. The number of rotatable bonds is 4. The first-order valence-corrected chi connectivity index (χ1v) is 6.11. The zero-order chi connectivity index (χ0) is 14.5. The Balaban J connectivity index is 2.05. The minimum atomic E-state index is -0.426. The number of carbonyl (C=O) groups is 1. The number of pyridine rings is 1. The molecule has 0 saturated heterocycles. The number of nitrogen functional groups attached to an aromatic ring is 1. The van der Waals surface area contributed by atoms with E-state index in [0.29, 0.717) is 17.0 Å². The molecule has 1 aromatic heterocycles. The first kappa shape index (κ1) is 13.9. The van der Waals surface area contributed by atoms with Crippen LogP contribution in [0.1, 0.15) is 21.5 Å². The highest BCUT2D eigenvalue weighted by Gasteiger charge is 2.10. The van der Waals surface area contributed by atoms with Crippen LogP contribution in [0.4, 0.5) is 5.69 Å². The van der Waals surface area contributed by atoms with Crippen molar-refractivity contribution in [3.05, 3.63) is 53.3 Å². The number of nitrogens with zero attached hydrogens (tertiary/aromatic N) is 1. The number of aryl methyl sites for hydroxylation is 1. The van der Waals surface area contributed by atoms with E-state index in [9.17, 15) is 4.79 Å². The molecule has 1 aromatic carbocycles. The molecule has 1 heterocycles. The summed E-state index contributed by atoms with van der Waals surface area (Å²) in [6, 6.07) is 6.70. The van der Waals surface area contributed by atoms with E-state index in [1.807, 2.05) is 13.0 Å². The number of methoxy groups -OCH3 is 1. The van der Waals surface area contributed by atoms with Gasteiger partial charge in [-0.1, -0.05) is 0 Å². The molecule has 0 atom stereocenters. The topological polar surface area (TPSA) is 74.4 Å². The predicted octanol–water partition coefficient (Wildman–Crippen LogP) is 2.34. The maximum Gasteiger partial charge on any atom is 0.338 e. The molecule has 0 amide bonds. The third kappa shape index (κ3) is 3.26. The Morgan fingerprint density at radius 1 is 1.30 bits per heavy atom. The van der Waals surface area contributed by atoms with E-state index < -0.39 is 5.97 Å². The van der Waals surface area contributed by atoms with E-state index in [2.05, 4.69) is 4.98 Å². The van der Waals surface area contributed by atoms with Crippen molar-refractivity contribution in [2.75, 3.05) is 12.8 Å². The summed E-state index contributed by atoms with van der Waals surface area (Å²) in [7, 11) is 1.50. The van der Waals surface area contributed by atoms with E-state index in [1.165, 1.54) is 7.11 Å². The van der Waals surface area contributed by atoms with E-state index >= 15 is 0 Å². The van der Waals surface area contributed by atoms with Gasteiger partial charge in [0.15, 0.2) is 0 Å². The summed E-state index contributed by atoms with van der Waals surface area (Å²) in [6.45, 7) is 2.11. The fourth-order valence-corrected chi connectivity index (χ4v) is 1.77. The lowest BCUT2D eigenvalue weighted by Crippen LogP contribution is -2.06. The molecule has 2 aromatic rings. The fraction of sp³-hybridized carbons (Fsp3) is 0.200. The number of nitrogens with two attached hydrogens (primary N) is 1. The molecule has 0 aliphatic carbocycles. The van der Waals surface area contributed by atoms with Crippen molar-refractivity contribution < 1.29 is 14.3 Å². The Kier molecular flexibility index (Phi) is 4.20. The normalized spacial score (nSPS) is 10.1. The van der Waals surface area contributed by atoms with Crippen LogP contribution >= 0.6 is 0 Å². The van der Waals surface area contributed by atoms with Gasteiger partial charge in [-0.25, -0.2) is 4.79 Å². The Hall–Kier alpha value is -2.56. The Morgan fingerprint density at radius 3 is 2.80 bits per heavy atom. The Morgan fingerprint density at radius 2 is 2.10 bits per heavy atom. The highest BCUT2D eigenvalue weighted by atomic mass is 16.5. The Labute approximate surface area is 117 Å². The fourth-order valence-electron chi connectivity index (χ4n) is 1.77. The van der Waals surface area contributed by atoms with Gasteiger partial charge in [-0.2, -0.15) is 0 Å². The van der Waals surface area contributed by atoms with Gasteiger partial charge >= 0.3 is 5.97 Å². The lowest BCUT2D eigenvalue weighted by Gasteiger charge is -2.08. The van der Waals surface area contributed by atoms with Crippen molar-refractivity contribution in [3.63, 3.8) is 0 Å². The monoisotopic (exact) mass is 272 g/mol. The number of anilines is 1. The molecule has 104 valence electrons. The average Bonchev–Trinajstić information content (AvgIpc) is 2.45. The molecular formula is C15H16N2O3. The summed E-state index contributed by atoms with van der Waals surface area (Å²) in [5.74, 6) is 0.0291. The van der Waals surface area contributed by atoms with Gasteiger partial charge in [0.1, 0.15) is 12.4 Å². The molecule has 5 nitrogen and oxygen atoms in total. The van der Waals surface area contributed by atoms with Crippen molar-refractivity contribution in [2.45, 2.75) is 13.5 Å². The van der Waals surface area contributed by atoms with Crippen LogP contribution < -0.4 is 10.5 Å². The molecule has 0 spiro atoms. The number of hydrogen-bond acceptors (Lipinski definition) is 5. The summed E-state index contributed by atoms with van der Waals surface area (Å²) in [5, 5.41) is 0. The summed E-state index contributed by atoms with van der Waals surface area (Å²) in [6.07, 6.45) is 3.42. The highest BCUT2D eigenvalue weighted by Crippen LogP contribution is 2.22. The lowest BCUT2D eigenvalue weighted by atomic mass is 10.2. The minimum absolute atomic E-state index is 0.181. The van der Waals surface area contributed by atoms with E-state index in [0.717, 1.165) is 11.1 Å². The highest BCUT2D eigenvalue weighted by molar-refractivity contribution is 5.90. The lowest BCUT2D eigenvalue weighted by molar-refractivity contribution is 0.0472. The van der Waals surface area contributed by atoms with E-state index in [4.69, 9.17) is 15.2 Å². The SMILES string of the molecule is COc1cc(C(=O)OCc2cncc(C)c2)ccc1N. The second-order valence-corrected chi connectivity index (χ2v) is 4.40. The standard InChI is InChI=1S/C15H16N2O3/c1-10-5-11(8-17-7-10)9-20-15(18)12-3-4-13(16)14(6-12)19-2/h3-8H,9,16H2,1-2H3. The summed E-state index contributed by atoms with van der Waals surface area (Å²) < 4.78 is 10.3. The molecule has 0 aliphatic heterocycles. The predicted molar refractivity (Wildman–Crippen MR) is 75.5 cm³/mol. The van der Waals surface area contributed by atoms with E-state index in [1.54, 1.807) is 30.6 Å². The van der Waals surface area contributed by atoms with Crippen molar-refractivity contribution in [3.8, 4) is 5.75 Å². The number of esters is 1. The molecular weight excluding hydrogens is 256 g/mol. The second kappa shape index (κ2) is 6.06. The first-order chi connectivity index (χ1) is 9.60. The van der Waals surface area contributed by atoms with Gasteiger partial charge in [-0.05, 0) is 36.8 Å². The molecule has 0 aliphatic rings. The van der Waals surface area contributed by atoms with Crippen LogP contribution in [0.2, 0.25) is 0 Å². The first-order valence-electron chi connectivity index (χ1n) is 6.11. The average molecular weight is 272 g/mol. The van der Waals surface area contributed by atoms with Gasteiger partial charge in [0.05, 0.1) is 18.4 Å². The molecule has 20 heavy (non-hydrogen) atoms. The number of benzene rings is 1. The van der Waals surface area contributed by atoms with Crippen LogP contribution in [0.5, 0.6) is 5.75 Å². The van der Waals surface area contributed by atoms with Crippen molar-refractivity contribution >= 4 is 11.7 Å². The molecule has 0 bridgehead atoms. The maximum absolute atomic E-state index is 11.9.